The van der Waals surface area contributed by atoms with Crippen molar-refractivity contribution >= 4 is 22.0 Å². The van der Waals surface area contributed by atoms with Gasteiger partial charge in [0.25, 0.3) is 0 Å². The number of hydrogen-bond acceptors (Lipinski definition) is 7. The van der Waals surface area contributed by atoms with Crippen LogP contribution in [0, 0.1) is 6.92 Å². The normalized spacial score (nSPS) is 11.8. The third-order valence-electron chi connectivity index (χ3n) is 3.23. The average Bonchev–Trinajstić information content (AvgIpc) is 2.80. The quantitative estimate of drug-likeness (QED) is 0.498. The summed E-state index contributed by atoms with van der Waals surface area (Å²) in [5.74, 6) is -1.97. The summed E-state index contributed by atoms with van der Waals surface area (Å²) in [6.45, 7) is 4.69. The summed E-state index contributed by atoms with van der Waals surface area (Å²) in [5.41, 5.74) is 0.378. The van der Waals surface area contributed by atoms with Gasteiger partial charge >= 0.3 is 11.9 Å². The number of aryl methyl sites for hydroxylation is 1. The number of rotatable bonds is 7. The zero-order chi connectivity index (χ0) is 17.8. The van der Waals surface area contributed by atoms with E-state index in [0.717, 1.165) is 13.2 Å². The molecule has 23 heavy (non-hydrogen) atoms. The van der Waals surface area contributed by atoms with E-state index >= 15 is 0 Å². The number of aromatic nitrogens is 2. The van der Waals surface area contributed by atoms with Crippen molar-refractivity contribution in [2.24, 2.45) is 7.05 Å². The molecule has 10 heteroatoms. The van der Waals surface area contributed by atoms with E-state index in [1.54, 1.807) is 27.8 Å². The third kappa shape index (κ3) is 3.88. The first kappa shape index (κ1) is 19.1. The molecule has 0 bridgehead atoms. The van der Waals surface area contributed by atoms with Gasteiger partial charge in [-0.05, 0) is 20.8 Å². The number of likely N-dealkylation sites (N-methyl/N-ethyl adjacent to an activating group) is 1. The van der Waals surface area contributed by atoms with Crippen LogP contribution in [0.3, 0.4) is 0 Å². The number of nitrogens with zero attached hydrogens (tertiary/aromatic N) is 3. The fourth-order valence-electron chi connectivity index (χ4n) is 1.86. The van der Waals surface area contributed by atoms with Crippen LogP contribution in [0.2, 0.25) is 0 Å². The maximum Gasteiger partial charge on any atom is 0.336 e. The maximum absolute atomic E-state index is 12.7. The van der Waals surface area contributed by atoms with Crippen LogP contribution in [0.1, 0.15) is 19.5 Å². The lowest BCUT2D eigenvalue weighted by atomic mass is 10.3. The molecule has 0 atom stereocenters. The Balaban J connectivity index is 3.27. The number of sulfonamides is 1. The lowest BCUT2D eigenvalue weighted by Crippen LogP contribution is -2.49. The van der Waals surface area contributed by atoms with Crippen LogP contribution >= 0.6 is 0 Å². The standard InChI is InChI=1S/C13H21N3O6S/c1-6-21-12(17)11(13(18)22-7-2)16(5)23(19,20)10-8-14-15(4)9(10)3/h8,11H,6-7H2,1-5H3. The molecule has 0 aromatic carbocycles. The Kier molecular flexibility index (Phi) is 6.28. The van der Waals surface area contributed by atoms with Gasteiger partial charge in [-0.1, -0.05) is 0 Å². The highest BCUT2D eigenvalue weighted by Crippen LogP contribution is 2.20. The molecule has 0 saturated heterocycles. The van der Waals surface area contributed by atoms with Crippen molar-refractivity contribution in [1.29, 1.82) is 0 Å². The van der Waals surface area contributed by atoms with Crippen molar-refractivity contribution < 1.29 is 27.5 Å². The van der Waals surface area contributed by atoms with Crippen LogP contribution < -0.4 is 0 Å². The summed E-state index contributed by atoms with van der Waals surface area (Å²) in [5, 5.41) is 3.87. The highest BCUT2D eigenvalue weighted by Gasteiger charge is 2.41. The molecule has 1 heterocycles. The molecule has 0 radical (unpaired) electrons. The molecule has 0 fully saturated rings. The number of esters is 2. The number of carbonyl (C=O) groups excluding carboxylic acids is 2. The van der Waals surface area contributed by atoms with Gasteiger partial charge < -0.3 is 9.47 Å². The Morgan fingerprint density at radius 3 is 2.09 bits per heavy atom. The van der Waals surface area contributed by atoms with Crippen molar-refractivity contribution in [1.82, 2.24) is 14.1 Å². The third-order valence-corrected chi connectivity index (χ3v) is 5.16. The van der Waals surface area contributed by atoms with E-state index in [4.69, 9.17) is 9.47 Å². The van der Waals surface area contributed by atoms with E-state index < -0.39 is 28.0 Å². The summed E-state index contributed by atoms with van der Waals surface area (Å²) < 4.78 is 37.0. The largest absolute Gasteiger partial charge is 0.464 e. The van der Waals surface area contributed by atoms with Crippen LogP contribution in [-0.2, 0) is 36.1 Å². The molecule has 0 spiro atoms. The Hall–Kier alpha value is -1.94. The molecule has 0 aliphatic rings. The van der Waals surface area contributed by atoms with Gasteiger partial charge in [0.15, 0.2) is 0 Å². The van der Waals surface area contributed by atoms with E-state index in [2.05, 4.69) is 5.10 Å². The average molecular weight is 347 g/mol. The molecule has 0 aliphatic heterocycles. The molecule has 1 aromatic heterocycles. The number of hydrogen-bond donors (Lipinski definition) is 0. The highest BCUT2D eigenvalue weighted by molar-refractivity contribution is 7.89. The minimum absolute atomic E-state index is 0.00848. The van der Waals surface area contributed by atoms with Gasteiger partial charge in [0, 0.05) is 14.1 Å². The summed E-state index contributed by atoms with van der Waals surface area (Å²) in [7, 11) is -1.42. The van der Waals surface area contributed by atoms with Crippen LogP contribution in [0.25, 0.3) is 0 Å². The number of carbonyl (C=O) groups is 2. The van der Waals surface area contributed by atoms with E-state index in [-0.39, 0.29) is 18.1 Å². The molecule has 1 aromatic rings. The molecule has 0 aliphatic carbocycles. The first-order chi connectivity index (χ1) is 10.7. The number of ether oxygens (including phenoxy) is 2. The monoisotopic (exact) mass is 347 g/mol. The molecule has 0 N–H and O–H groups in total. The Bertz CT molecular complexity index is 664. The summed E-state index contributed by atoms with van der Waals surface area (Å²) in [4.78, 5) is 23.9. The molecule has 130 valence electrons. The van der Waals surface area contributed by atoms with Crippen molar-refractivity contribution in [2.75, 3.05) is 20.3 Å². The topological polar surface area (TPSA) is 108 Å². The molecule has 0 amide bonds. The Morgan fingerprint density at radius 2 is 1.74 bits per heavy atom. The van der Waals surface area contributed by atoms with Gasteiger partial charge in [-0.25, -0.2) is 18.0 Å². The molecule has 9 nitrogen and oxygen atoms in total. The molecule has 0 saturated carbocycles. The molecular formula is C13H21N3O6S. The first-order valence-corrected chi connectivity index (χ1v) is 8.42. The second-order valence-corrected chi connectivity index (χ2v) is 6.61. The van der Waals surface area contributed by atoms with Crippen molar-refractivity contribution in [3.8, 4) is 0 Å². The van der Waals surface area contributed by atoms with Crippen LogP contribution in [0.5, 0.6) is 0 Å². The summed E-state index contributed by atoms with van der Waals surface area (Å²) in [6.07, 6.45) is 1.16. The van der Waals surface area contributed by atoms with Gasteiger partial charge in [0.2, 0.25) is 16.1 Å². The fourth-order valence-corrected chi connectivity index (χ4v) is 3.31. The van der Waals surface area contributed by atoms with E-state index in [9.17, 15) is 18.0 Å². The summed E-state index contributed by atoms with van der Waals surface area (Å²) in [6, 6.07) is -1.71. The zero-order valence-electron chi connectivity index (χ0n) is 13.8. The van der Waals surface area contributed by atoms with Gasteiger partial charge in [0.1, 0.15) is 4.90 Å². The molecule has 0 unspecified atom stereocenters. The van der Waals surface area contributed by atoms with E-state index in [1.807, 2.05) is 0 Å². The SMILES string of the molecule is CCOC(=O)C(C(=O)OCC)N(C)S(=O)(=O)c1cnn(C)c1C. The predicted octanol–water partition coefficient (Wildman–Crippen LogP) is -0.156. The van der Waals surface area contributed by atoms with Gasteiger partial charge in [-0.3, -0.25) is 4.68 Å². The Labute approximate surface area is 135 Å². The second kappa shape index (κ2) is 7.55. The molecule has 1 rings (SSSR count). The van der Waals surface area contributed by atoms with Crippen LogP contribution in [0.15, 0.2) is 11.1 Å². The minimum atomic E-state index is -4.13. The summed E-state index contributed by atoms with van der Waals surface area (Å²) >= 11 is 0. The van der Waals surface area contributed by atoms with Crippen LogP contribution in [0.4, 0.5) is 0 Å². The first-order valence-electron chi connectivity index (χ1n) is 6.98. The highest BCUT2D eigenvalue weighted by atomic mass is 32.2. The van der Waals surface area contributed by atoms with E-state index in [1.165, 1.54) is 4.68 Å². The lowest BCUT2D eigenvalue weighted by Gasteiger charge is -2.24. The molecular weight excluding hydrogens is 326 g/mol. The second-order valence-electron chi connectivity index (χ2n) is 4.65. The predicted molar refractivity (Wildman–Crippen MR) is 79.9 cm³/mol. The minimum Gasteiger partial charge on any atom is -0.464 e. The zero-order valence-corrected chi connectivity index (χ0v) is 14.6. The fraction of sp³-hybridized carbons (Fsp3) is 0.615. The Morgan fingerprint density at radius 1 is 1.26 bits per heavy atom. The van der Waals surface area contributed by atoms with Gasteiger partial charge in [0.05, 0.1) is 25.1 Å². The van der Waals surface area contributed by atoms with Crippen LogP contribution in [-0.4, -0.2) is 60.7 Å². The van der Waals surface area contributed by atoms with Crippen molar-refractivity contribution in [2.45, 2.75) is 31.7 Å². The van der Waals surface area contributed by atoms with Gasteiger partial charge in [-0.2, -0.15) is 9.40 Å². The maximum atomic E-state index is 12.7. The van der Waals surface area contributed by atoms with Crippen molar-refractivity contribution in [3.63, 3.8) is 0 Å². The lowest BCUT2D eigenvalue weighted by molar-refractivity contribution is -0.160. The van der Waals surface area contributed by atoms with E-state index in [0.29, 0.717) is 10.00 Å². The van der Waals surface area contributed by atoms with Crippen molar-refractivity contribution in [3.05, 3.63) is 11.9 Å². The smallest absolute Gasteiger partial charge is 0.336 e. The van der Waals surface area contributed by atoms with Gasteiger partial charge in [-0.15, -0.1) is 0 Å².